The van der Waals surface area contributed by atoms with E-state index in [1.807, 2.05) is 48.7 Å². The highest BCUT2D eigenvalue weighted by Gasteiger charge is 2.23. The maximum atomic E-state index is 12.6. The van der Waals surface area contributed by atoms with Gasteiger partial charge in [-0.25, -0.2) is 23.1 Å². The number of H-pyrrole nitrogens is 1. The van der Waals surface area contributed by atoms with Crippen LogP contribution in [-0.2, 0) is 21.2 Å². The summed E-state index contributed by atoms with van der Waals surface area (Å²) in [4.78, 5) is 21.4. The second kappa shape index (κ2) is 8.17. The fourth-order valence-electron chi connectivity index (χ4n) is 2.63. The molecule has 3 rings (SSSR count). The first kappa shape index (κ1) is 20.1. The first-order valence-corrected chi connectivity index (χ1v) is 10.9. The standard InChI is InChI=1S/C19H20N4O3S2/c1-13-18(28(25,26)20-2)27-19(22-13)23(3)17(24)12-14-7-9-15(10-8-14)16-6-4-5-11-21-16/h4-11,20H,12H2,1-3H3/p+1. The Morgan fingerprint density at radius 1 is 1.21 bits per heavy atom. The number of hydrogen-bond donors (Lipinski definition) is 1. The molecule has 1 amide bonds. The minimum Gasteiger partial charge on any atom is -0.291 e. The zero-order valence-electron chi connectivity index (χ0n) is 15.8. The molecule has 28 heavy (non-hydrogen) atoms. The molecule has 7 nitrogen and oxygen atoms in total. The highest BCUT2D eigenvalue weighted by Crippen LogP contribution is 2.29. The Labute approximate surface area is 168 Å². The number of pyridine rings is 1. The van der Waals surface area contributed by atoms with Crippen molar-refractivity contribution in [3.63, 3.8) is 0 Å². The van der Waals surface area contributed by atoms with Gasteiger partial charge >= 0.3 is 0 Å². The van der Waals surface area contributed by atoms with Crippen molar-refractivity contribution in [2.75, 3.05) is 19.0 Å². The minimum atomic E-state index is -3.59. The van der Waals surface area contributed by atoms with Crippen molar-refractivity contribution < 1.29 is 18.2 Å². The second-order valence-electron chi connectivity index (χ2n) is 6.18. The number of rotatable bonds is 6. The molecule has 0 aliphatic rings. The van der Waals surface area contributed by atoms with E-state index in [-0.39, 0.29) is 16.5 Å². The molecule has 2 aromatic heterocycles. The molecule has 0 aliphatic carbocycles. The predicted molar refractivity (Wildman–Crippen MR) is 109 cm³/mol. The van der Waals surface area contributed by atoms with Gasteiger partial charge in [0, 0.05) is 24.7 Å². The van der Waals surface area contributed by atoms with Crippen molar-refractivity contribution >= 4 is 32.4 Å². The van der Waals surface area contributed by atoms with Crippen molar-refractivity contribution in [3.8, 4) is 11.3 Å². The SMILES string of the molecule is CNS(=O)(=O)c1sc(N(C)C(=O)Cc2ccc(-c3cccc[nH+]3)cc2)nc1C. The summed E-state index contributed by atoms with van der Waals surface area (Å²) in [5.74, 6) is -0.166. The van der Waals surface area contributed by atoms with E-state index in [4.69, 9.17) is 0 Å². The molecule has 0 bridgehead atoms. The van der Waals surface area contributed by atoms with E-state index in [2.05, 4.69) is 14.7 Å². The molecule has 1 aromatic carbocycles. The average molecular weight is 418 g/mol. The molecule has 0 unspecified atom stereocenters. The number of likely N-dealkylation sites (N-methyl/N-ethyl adjacent to an activating group) is 1. The number of aromatic amines is 1. The molecular weight excluding hydrogens is 396 g/mol. The number of thiazole rings is 1. The van der Waals surface area contributed by atoms with Gasteiger partial charge in [-0.3, -0.25) is 9.69 Å². The van der Waals surface area contributed by atoms with Gasteiger partial charge in [-0.1, -0.05) is 23.5 Å². The van der Waals surface area contributed by atoms with E-state index in [1.165, 1.54) is 11.9 Å². The first-order chi connectivity index (χ1) is 13.3. The van der Waals surface area contributed by atoms with Crippen molar-refractivity contribution in [2.45, 2.75) is 17.6 Å². The number of aromatic nitrogens is 2. The second-order valence-corrected chi connectivity index (χ2v) is 9.24. The van der Waals surface area contributed by atoms with E-state index < -0.39 is 10.0 Å². The molecule has 0 aliphatic heterocycles. The molecule has 0 spiro atoms. The maximum Gasteiger partial charge on any atom is 0.251 e. The van der Waals surface area contributed by atoms with Crippen molar-refractivity contribution in [1.82, 2.24) is 9.71 Å². The zero-order chi connectivity index (χ0) is 20.3. The fourth-order valence-corrected chi connectivity index (χ4v) is 4.94. The first-order valence-electron chi connectivity index (χ1n) is 8.55. The number of benzene rings is 1. The summed E-state index contributed by atoms with van der Waals surface area (Å²) in [5.41, 5.74) is 3.27. The molecule has 2 heterocycles. The van der Waals surface area contributed by atoms with Crippen molar-refractivity contribution in [2.24, 2.45) is 0 Å². The number of hydrogen-bond acceptors (Lipinski definition) is 5. The number of anilines is 1. The third kappa shape index (κ3) is 4.27. The number of nitrogens with one attached hydrogen (secondary N) is 2. The smallest absolute Gasteiger partial charge is 0.251 e. The van der Waals surface area contributed by atoms with Crippen molar-refractivity contribution in [3.05, 3.63) is 59.9 Å². The monoisotopic (exact) mass is 417 g/mol. The summed E-state index contributed by atoms with van der Waals surface area (Å²) in [6.07, 6.45) is 2.06. The Hall–Kier alpha value is -2.62. The third-order valence-electron chi connectivity index (χ3n) is 4.25. The molecule has 0 fully saturated rings. The molecule has 0 radical (unpaired) electrons. The van der Waals surface area contributed by atoms with Crippen LogP contribution < -0.4 is 14.6 Å². The number of nitrogens with zero attached hydrogens (tertiary/aromatic N) is 2. The summed E-state index contributed by atoms with van der Waals surface area (Å²) in [6, 6.07) is 13.6. The Morgan fingerprint density at radius 3 is 2.54 bits per heavy atom. The van der Waals surface area contributed by atoms with Crippen LogP contribution in [0.5, 0.6) is 0 Å². The van der Waals surface area contributed by atoms with E-state index in [0.717, 1.165) is 28.2 Å². The molecule has 3 aromatic rings. The van der Waals surface area contributed by atoms with Crippen LogP contribution in [0.15, 0.2) is 52.9 Å². The van der Waals surface area contributed by atoms with Gasteiger partial charge in [0.2, 0.25) is 11.6 Å². The zero-order valence-corrected chi connectivity index (χ0v) is 17.4. The molecule has 0 saturated carbocycles. The number of sulfonamides is 1. The van der Waals surface area contributed by atoms with E-state index in [1.54, 1.807) is 14.0 Å². The predicted octanol–water partition coefficient (Wildman–Crippen LogP) is 2.05. The Kier molecular flexibility index (Phi) is 5.87. The van der Waals surface area contributed by atoms with E-state index in [0.29, 0.717) is 10.8 Å². The van der Waals surface area contributed by atoms with Crippen LogP contribution in [0.2, 0.25) is 0 Å². The lowest BCUT2D eigenvalue weighted by Crippen LogP contribution is -2.27. The number of aryl methyl sites for hydroxylation is 1. The molecule has 0 saturated heterocycles. The summed E-state index contributed by atoms with van der Waals surface area (Å²) in [7, 11) is -0.644. The van der Waals surface area contributed by atoms with Gasteiger partial charge in [0.1, 0.15) is 0 Å². The van der Waals surface area contributed by atoms with Gasteiger partial charge in [0.25, 0.3) is 10.0 Å². The number of amides is 1. The normalized spacial score (nSPS) is 11.4. The Morgan fingerprint density at radius 2 is 1.93 bits per heavy atom. The fraction of sp³-hybridized carbons (Fsp3) is 0.211. The summed E-state index contributed by atoms with van der Waals surface area (Å²) < 4.78 is 26.4. The Bertz CT molecular complexity index is 1080. The largest absolute Gasteiger partial charge is 0.291 e. The molecule has 9 heteroatoms. The lowest BCUT2D eigenvalue weighted by molar-refractivity contribution is -0.364. The van der Waals surface area contributed by atoms with Crippen LogP contribution in [-0.4, -0.2) is 33.4 Å². The van der Waals surface area contributed by atoms with Gasteiger partial charge in [-0.15, -0.1) is 0 Å². The Balaban J connectivity index is 1.74. The van der Waals surface area contributed by atoms with Crippen LogP contribution in [0.25, 0.3) is 11.3 Å². The van der Waals surface area contributed by atoms with E-state index >= 15 is 0 Å². The van der Waals surface area contributed by atoms with Crippen molar-refractivity contribution in [1.29, 1.82) is 0 Å². The lowest BCUT2D eigenvalue weighted by atomic mass is 10.1. The quantitative estimate of drug-likeness (QED) is 0.664. The molecular formula is C19H21N4O3S2+. The molecule has 0 atom stereocenters. The van der Waals surface area contributed by atoms with Crippen LogP contribution in [0.1, 0.15) is 11.3 Å². The molecule has 2 N–H and O–H groups in total. The lowest BCUT2D eigenvalue weighted by Gasteiger charge is -2.13. The summed E-state index contributed by atoms with van der Waals surface area (Å²) in [5, 5.41) is 0.354. The van der Waals surface area contributed by atoms with Gasteiger partial charge in [0.05, 0.1) is 12.1 Å². The minimum absolute atomic E-state index is 0.119. The molecule has 146 valence electrons. The van der Waals surface area contributed by atoms with Crippen LogP contribution in [0, 0.1) is 6.92 Å². The summed E-state index contributed by atoms with van der Waals surface area (Å²) in [6.45, 7) is 1.61. The maximum absolute atomic E-state index is 12.6. The summed E-state index contributed by atoms with van der Waals surface area (Å²) >= 11 is 0.977. The average Bonchev–Trinajstić information content (AvgIpc) is 3.11. The van der Waals surface area contributed by atoms with Gasteiger partial charge in [0.15, 0.2) is 15.5 Å². The third-order valence-corrected chi connectivity index (χ3v) is 7.50. The van der Waals surface area contributed by atoms with Gasteiger partial charge in [-0.05, 0) is 37.7 Å². The highest BCUT2D eigenvalue weighted by molar-refractivity contribution is 7.91. The number of carbonyl (C=O) groups is 1. The van der Waals surface area contributed by atoms with E-state index in [9.17, 15) is 13.2 Å². The van der Waals surface area contributed by atoms with Crippen LogP contribution in [0.3, 0.4) is 0 Å². The number of carbonyl (C=O) groups excluding carboxylic acids is 1. The van der Waals surface area contributed by atoms with Gasteiger partial charge in [-0.2, -0.15) is 0 Å². The van der Waals surface area contributed by atoms with Crippen LogP contribution >= 0.6 is 11.3 Å². The topological polar surface area (TPSA) is 93.5 Å². The van der Waals surface area contributed by atoms with Gasteiger partial charge < -0.3 is 0 Å². The highest BCUT2D eigenvalue weighted by atomic mass is 32.2. The van der Waals surface area contributed by atoms with Crippen LogP contribution in [0.4, 0.5) is 5.13 Å².